The van der Waals surface area contributed by atoms with Crippen LogP contribution in [0.1, 0.15) is 18.6 Å². The molecule has 0 unspecified atom stereocenters. The quantitative estimate of drug-likeness (QED) is 0.653. The summed E-state index contributed by atoms with van der Waals surface area (Å²) in [6, 6.07) is 18.0. The minimum Gasteiger partial charge on any atom is -0.481 e. The van der Waals surface area contributed by atoms with Crippen molar-refractivity contribution in [1.82, 2.24) is 5.32 Å². The molecule has 128 valence electrons. The normalized spacial score (nSPS) is 13.2. The molecule has 0 aliphatic rings. The van der Waals surface area contributed by atoms with Gasteiger partial charge in [0, 0.05) is 6.54 Å². The van der Waals surface area contributed by atoms with Crippen molar-refractivity contribution in [2.24, 2.45) is 0 Å². The number of rotatable bonds is 7. The van der Waals surface area contributed by atoms with Crippen molar-refractivity contribution in [2.75, 3.05) is 13.1 Å². The first-order valence-corrected chi connectivity index (χ1v) is 8.74. The van der Waals surface area contributed by atoms with E-state index in [-0.39, 0.29) is 12.4 Å². The molecule has 24 heavy (non-hydrogen) atoms. The van der Waals surface area contributed by atoms with Crippen molar-refractivity contribution in [3.8, 4) is 5.75 Å². The summed E-state index contributed by atoms with van der Waals surface area (Å²) in [5, 5.41) is 17.0. The van der Waals surface area contributed by atoms with Gasteiger partial charge in [-0.2, -0.15) is 0 Å². The van der Waals surface area contributed by atoms with Crippen molar-refractivity contribution in [2.45, 2.75) is 19.1 Å². The molecule has 0 aliphatic carbocycles. The number of halogens is 1. The lowest BCUT2D eigenvalue weighted by atomic mass is 10.0. The van der Waals surface area contributed by atoms with E-state index in [0.29, 0.717) is 6.54 Å². The number of nitrogens with one attached hydrogen (secondary N) is 1. The van der Waals surface area contributed by atoms with Gasteiger partial charge in [0.15, 0.2) is 6.10 Å². The molecule has 0 saturated heterocycles. The molecule has 1 heterocycles. The number of hydrogen-bond donors (Lipinski definition) is 2. The van der Waals surface area contributed by atoms with E-state index in [2.05, 4.69) is 22.8 Å². The highest BCUT2D eigenvalue weighted by Gasteiger charge is 2.23. The van der Waals surface area contributed by atoms with Gasteiger partial charge in [-0.3, -0.25) is 0 Å². The van der Waals surface area contributed by atoms with Crippen LogP contribution in [0.3, 0.4) is 0 Å². The lowest BCUT2D eigenvalue weighted by Crippen LogP contribution is -2.34. The molecule has 5 heteroatoms. The molecule has 0 bridgehead atoms. The monoisotopic (exact) mass is 363 g/mol. The zero-order chi connectivity index (χ0) is 16.1. The number of benzene rings is 2. The summed E-state index contributed by atoms with van der Waals surface area (Å²) in [4.78, 5) is 0. The van der Waals surface area contributed by atoms with Gasteiger partial charge in [-0.05, 0) is 35.0 Å². The Hall–Kier alpha value is -1.59. The highest BCUT2D eigenvalue weighted by atomic mass is 35.5. The lowest BCUT2D eigenvalue weighted by molar-refractivity contribution is 0.0371. The van der Waals surface area contributed by atoms with Gasteiger partial charge < -0.3 is 15.2 Å². The number of thiophene rings is 1. The number of fused-ring (bicyclic) bond motifs is 1. The third-order valence-electron chi connectivity index (χ3n) is 3.78. The van der Waals surface area contributed by atoms with E-state index < -0.39 is 12.2 Å². The summed E-state index contributed by atoms with van der Waals surface area (Å²) < 4.78 is 7.37. The van der Waals surface area contributed by atoms with Gasteiger partial charge in [0.1, 0.15) is 11.9 Å². The Bertz CT molecular complexity index is 747. The predicted octanol–water partition coefficient (Wildman–Crippen LogP) is 4.41. The summed E-state index contributed by atoms with van der Waals surface area (Å²) in [6.07, 6.45) is -1.02. The fraction of sp³-hybridized carbons (Fsp3) is 0.263. The molecule has 3 rings (SSSR count). The minimum absolute atomic E-state index is 0. The lowest BCUT2D eigenvalue weighted by Gasteiger charge is -2.25. The van der Waals surface area contributed by atoms with E-state index in [1.54, 1.807) is 11.3 Å². The molecule has 0 aliphatic heterocycles. The van der Waals surface area contributed by atoms with Crippen LogP contribution in [0.2, 0.25) is 0 Å². The molecular weight excluding hydrogens is 342 g/mol. The van der Waals surface area contributed by atoms with Crippen LogP contribution in [0, 0.1) is 0 Å². The van der Waals surface area contributed by atoms with Crippen molar-refractivity contribution in [3.05, 3.63) is 65.5 Å². The van der Waals surface area contributed by atoms with Gasteiger partial charge in [0.2, 0.25) is 0 Å². The van der Waals surface area contributed by atoms with Crippen LogP contribution in [-0.4, -0.2) is 24.3 Å². The number of aliphatic hydroxyl groups is 1. The molecule has 2 N–H and O–H groups in total. The Morgan fingerprint density at radius 2 is 1.88 bits per heavy atom. The number of likely N-dealkylation sites (N-methyl/N-ethyl adjacent to an activating group) is 1. The molecule has 0 spiro atoms. The molecule has 3 aromatic rings. The molecule has 0 radical (unpaired) electrons. The summed E-state index contributed by atoms with van der Waals surface area (Å²) in [5.41, 5.74) is 0.978. The maximum absolute atomic E-state index is 10.6. The number of ether oxygens (including phenoxy) is 1. The van der Waals surface area contributed by atoms with Gasteiger partial charge >= 0.3 is 0 Å². The third-order valence-corrected chi connectivity index (χ3v) is 4.72. The maximum atomic E-state index is 10.6. The molecule has 0 fully saturated rings. The van der Waals surface area contributed by atoms with Crippen LogP contribution >= 0.6 is 23.7 Å². The molecule has 1 aromatic heterocycles. The molecule has 3 nitrogen and oxygen atoms in total. The third kappa shape index (κ3) is 4.28. The fourth-order valence-electron chi connectivity index (χ4n) is 2.61. The smallest absolute Gasteiger partial charge is 0.151 e. The van der Waals surface area contributed by atoms with E-state index >= 15 is 0 Å². The van der Waals surface area contributed by atoms with Crippen LogP contribution < -0.4 is 10.1 Å². The Morgan fingerprint density at radius 1 is 1.08 bits per heavy atom. The Balaban J connectivity index is 0.00000208. The molecule has 2 aromatic carbocycles. The number of hydrogen-bond acceptors (Lipinski definition) is 4. The van der Waals surface area contributed by atoms with Gasteiger partial charge in [0.05, 0.1) is 4.70 Å². The SMILES string of the molecule is CCNC[C@@H](O)[C@H](Oc1cccc2ccsc12)c1ccccc1.Cl. The molecular formula is C19H22ClNO2S. The van der Waals surface area contributed by atoms with Crippen molar-refractivity contribution in [1.29, 1.82) is 0 Å². The minimum atomic E-state index is -0.618. The highest BCUT2D eigenvalue weighted by Crippen LogP contribution is 2.34. The van der Waals surface area contributed by atoms with Crippen molar-refractivity contribution in [3.63, 3.8) is 0 Å². The molecule has 0 saturated carbocycles. The van der Waals surface area contributed by atoms with Crippen LogP contribution in [0.25, 0.3) is 10.1 Å². The van der Waals surface area contributed by atoms with Crippen LogP contribution in [0.5, 0.6) is 5.75 Å². The second kappa shape index (κ2) is 9.04. The zero-order valence-corrected chi connectivity index (χ0v) is 15.1. The van der Waals surface area contributed by atoms with E-state index in [0.717, 1.165) is 22.6 Å². The second-order valence-electron chi connectivity index (χ2n) is 5.42. The Labute approximate surface area is 152 Å². The van der Waals surface area contributed by atoms with Gasteiger partial charge in [-0.15, -0.1) is 23.7 Å². The summed E-state index contributed by atoms with van der Waals surface area (Å²) in [5.74, 6) is 0.821. The largest absolute Gasteiger partial charge is 0.481 e. The summed E-state index contributed by atoms with van der Waals surface area (Å²) in [6.45, 7) is 3.34. The topological polar surface area (TPSA) is 41.5 Å². The van der Waals surface area contributed by atoms with Crippen molar-refractivity contribution < 1.29 is 9.84 Å². The number of aliphatic hydroxyl groups excluding tert-OH is 1. The fourth-order valence-corrected chi connectivity index (χ4v) is 3.46. The molecule has 0 amide bonds. The van der Waals surface area contributed by atoms with Crippen LogP contribution in [0.15, 0.2) is 60.0 Å². The average Bonchev–Trinajstić information content (AvgIpc) is 3.07. The predicted molar refractivity (Wildman–Crippen MR) is 103 cm³/mol. The van der Waals surface area contributed by atoms with E-state index in [1.165, 1.54) is 5.39 Å². The zero-order valence-electron chi connectivity index (χ0n) is 13.5. The second-order valence-corrected chi connectivity index (χ2v) is 6.34. The Kier molecular flexibility index (Phi) is 7.06. The van der Waals surface area contributed by atoms with E-state index in [4.69, 9.17) is 4.74 Å². The Morgan fingerprint density at radius 3 is 2.62 bits per heavy atom. The average molecular weight is 364 g/mol. The van der Waals surface area contributed by atoms with Crippen molar-refractivity contribution >= 4 is 33.8 Å². The van der Waals surface area contributed by atoms with E-state index in [1.807, 2.05) is 49.4 Å². The van der Waals surface area contributed by atoms with Gasteiger partial charge in [0.25, 0.3) is 0 Å². The summed E-state index contributed by atoms with van der Waals surface area (Å²) in [7, 11) is 0. The maximum Gasteiger partial charge on any atom is 0.151 e. The van der Waals surface area contributed by atoms with E-state index in [9.17, 15) is 5.11 Å². The van der Waals surface area contributed by atoms with Gasteiger partial charge in [-0.1, -0.05) is 49.4 Å². The van der Waals surface area contributed by atoms with Gasteiger partial charge in [-0.25, -0.2) is 0 Å². The van der Waals surface area contributed by atoms with Crippen LogP contribution in [0.4, 0.5) is 0 Å². The first kappa shape index (κ1) is 18.7. The molecule has 2 atom stereocenters. The summed E-state index contributed by atoms with van der Waals surface area (Å²) >= 11 is 1.66. The standard InChI is InChI=1S/C19H21NO2S.ClH/c1-2-20-13-16(21)18(14-7-4-3-5-8-14)22-17-10-6-9-15-11-12-23-19(15)17;/h3-12,16,18,20-21H,2,13H2,1H3;1H/t16-,18-;/m1./s1. The highest BCUT2D eigenvalue weighted by molar-refractivity contribution is 7.17. The first-order valence-electron chi connectivity index (χ1n) is 7.86. The first-order chi connectivity index (χ1) is 11.3. The van der Waals surface area contributed by atoms with Crippen LogP contribution in [-0.2, 0) is 0 Å².